The highest BCUT2D eigenvalue weighted by Crippen LogP contribution is 2.34. The molecule has 0 heterocycles. The molecule has 1 amide bonds. The highest BCUT2D eigenvalue weighted by Gasteiger charge is 2.20. The van der Waals surface area contributed by atoms with Crippen molar-refractivity contribution in [2.75, 3.05) is 5.32 Å². The van der Waals surface area contributed by atoms with E-state index in [1.54, 1.807) is 20.8 Å². The Hall–Kier alpha value is -0.690. The van der Waals surface area contributed by atoms with Crippen LogP contribution in [0.2, 0.25) is 10.0 Å². The van der Waals surface area contributed by atoms with Gasteiger partial charge in [-0.1, -0.05) is 23.2 Å². The quantitative estimate of drug-likeness (QED) is 0.799. The predicted octanol–water partition coefficient (Wildman–Crippen LogP) is 4.27. The first-order valence-corrected chi connectivity index (χ1v) is 8.40. The summed E-state index contributed by atoms with van der Waals surface area (Å²) in [4.78, 5) is 11.4. The maximum absolute atomic E-state index is 11.6. The first-order valence-electron chi connectivity index (χ1n) is 5.34. The van der Waals surface area contributed by atoms with Crippen molar-refractivity contribution < 1.29 is 17.9 Å². The normalized spacial score (nSPS) is 12.1. The Balaban J connectivity index is 3.07. The van der Waals surface area contributed by atoms with E-state index < -0.39 is 20.7 Å². The van der Waals surface area contributed by atoms with E-state index in [9.17, 15) is 13.2 Å². The van der Waals surface area contributed by atoms with E-state index in [1.807, 2.05) is 0 Å². The molecule has 0 spiro atoms. The van der Waals surface area contributed by atoms with Crippen molar-refractivity contribution in [3.8, 4) is 0 Å². The highest BCUT2D eigenvalue weighted by molar-refractivity contribution is 8.13. The van der Waals surface area contributed by atoms with E-state index in [-0.39, 0.29) is 20.6 Å². The van der Waals surface area contributed by atoms with Crippen LogP contribution in [0.3, 0.4) is 0 Å². The van der Waals surface area contributed by atoms with Crippen LogP contribution in [0.4, 0.5) is 10.5 Å². The Bertz CT molecular complexity index is 615. The molecule has 0 aliphatic carbocycles. The number of hydrogen-bond acceptors (Lipinski definition) is 4. The van der Waals surface area contributed by atoms with Crippen molar-refractivity contribution in [1.29, 1.82) is 0 Å². The second kappa shape index (κ2) is 5.97. The van der Waals surface area contributed by atoms with Crippen LogP contribution in [-0.2, 0) is 13.8 Å². The third-order valence-electron chi connectivity index (χ3n) is 1.92. The number of carbonyl (C=O) groups is 1. The molecule has 0 fully saturated rings. The molecule has 0 bridgehead atoms. The summed E-state index contributed by atoms with van der Waals surface area (Å²) < 4.78 is 27.4. The van der Waals surface area contributed by atoms with Gasteiger partial charge in [-0.2, -0.15) is 0 Å². The smallest absolute Gasteiger partial charge is 0.412 e. The molecule has 0 unspecified atom stereocenters. The van der Waals surface area contributed by atoms with Gasteiger partial charge < -0.3 is 4.74 Å². The van der Waals surface area contributed by atoms with E-state index in [1.165, 1.54) is 0 Å². The summed E-state index contributed by atoms with van der Waals surface area (Å²) in [6.07, 6.45) is -0.761. The van der Waals surface area contributed by atoms with Gasteiger partial charge in [0.1, 0.15) is 5.60 Å². The molecular weight excluding hydrogens is 349 g/mol. The summed E-state index contributed by atoms with van der Waals surface area (Å²) in [5, 5.41) is 2.22. The standard InChI is InChI=1S/C11H12Cl3NO4S/c1-11(2,3)19-10(16)15-9-7(12)4-6(5-8(9)13)20(14,17)18/h4-5H,1-3H3,(H,15,16). The minimum atomic E-state index is -3.96. The van der Waals surface area contributed by atoms with E-state index in [0.717, 1.165) is 12.1 Å². The van der Waals surface area contributed by atoms with Gasteiger partial charge in [-0.15, -0.1) is 0 Å². The Kier molecular flexibility index (Phi) is 5.18. The molecule has 20 heavy (non-hydrogen) atoms. The lowest BCUT2D eigenvalue weighted by atomic mass is 10.2. The predicted molar refractivity (Wildman–Crippen MR) is 79.4 cm³/mol. The van der Waals surface area contributed by atoms with Crippen molar-refractivity contribution in [2.24, 2.45) is 0 Å². The lowest BCUT2D eigenvalue weighted by Crippen LogP contribution is -2.27. The summed E-state index contributed by atoms with van der Waals surface area (Å²) in [7, 11) is 1.23. The zero-order valence-electron chi connectivity index (χ0n) is 10.8. The van der Waals surface area contributed by atoms with Crippen LogP contribution in [-0.4, -0.2) is 20.1 Å². The number of carbonyl (C=O) groups excluding carboxylic acids is 1. The lowest BCUT2D eigenvalue weighted by Gasteiger charge is -2.20. The zero-order valence-corrected chi connectivity index (χ0v) is 13.9. The molecule has 0 atom stereocenters. The molecule has 112 valence electrons. The summed E-state index contributed by atoms with van der Waals surface area (Å²) in [6, 6.07) is 2.17. The van der Waals surface area contributed by atoms with Crippen LogP contribution in [0.1, 0.15) is 20.8 Å². The molecule has 0 aromatic heterocycles. The van der Waals surface area contributed by atoms with Crippen molar-refractivity contribution in [3.63, 3.8) is 0 Å². The van der Waals surface area contributed by atoms with Gasteiger partial charge in [0.25, 0.3) is 9.05 Å². The molecule has 0 aliphatic heterocycles. The summed E-state index contributed by atoms with van der Waals surface area (Å²) in [6.45, 7) is 5.08. The Morgan fingerprint density at radius 1 is 1.20 bits per heavy atom. The monoisotopic (exact) mass is 359 g/mol. The number of benzene rings is 1. The fourth-order valence-corrected chi connectivity index (χ4v) is 2.71. The zero-order chi connectivity index (χ0) is 15.7. The molecular formula is C11H12Cl3NO4S. The maximum Gasteiger partial charge on any atom is 0.412 e. The van der Waals surface area contributed by atoms with Crippen molar-refractivity contribution in [1.82, 2.24) is 0 Å². The van der Waals surface area contributed by atoms with Crippen LogP contribution in [0.15, 0.2) is 17.0 Å². The van der Waals surface area contributed by atoms with Gasteiger partial charge in [-0.25, -0.2) is 13.2 Å². The van der Waals surface area contributed by atoms with Crippen molar-refractivity contribution in [3.05, 3.63) is 22.2 Å². The second-order valence-electron chi connectivity index (χ2n) is 4.83. The molecule has 1 aromatic rings. The number of hydrogen-bond donors (Lipinski definition) is 1. The van der Waals surface area contributed by atoms with Crippen LogP contribution < -0.4 is 5.32 Å². The van der Waals surface area contributed by atoms with Gasteiger partial charge in [0.15, 0.2) is 0 Å². The minimum Gasteiger partial charge on any atom is -0.444 e. The number of anilines is 1. The molecule has 0 radical (unpaired) electrons. The van der Waals surface area contributed by atoms with E-state index in [0.29, 0.717) is 0 Å². The molecule has 1 aromatic carbocycles. The number of ether oxygens (including phenoxy) is 1. The van der Waals surface area contributed by atoms with Gasteiger partial charge in [0.05, 0.1) is 20.6 Å². The van der Waals surface area contributed by atoms with Crippen LogP contribution >= 0.6 is 33.9 Å². The molecule has 0 aliphatic rings. The summed E-state index contributed by atoms with van der Waals surface area (Å²) in [5.74, 6) is 0. The Morgan fingerprint density at radius 2 is 1.65 bits per heavy atom. The topological polar surface area (TPSA) is 72.5 Å². The van der Waals surface area contributed by atoms with Gasteiger partial charge in [0, 0.05) is 10.7 Å². The number of amides is 1. The Labute approximate surface area is 131 Å². The van der Waals surface area contributed by atoms with Crippen molar-refractivity contribution in [2.45, 2.75) is 31.3 Å². The molecule has 0 saturated heterocycles. The average Bonchev–Trinajstić information content (AvgIpc) is 2.19. The van der Waals surface area contributed by atoms with E-state index >= 15 is 0 Å². The summed E-state index contributed by atoms with van der Waals surface area (Å²) >= 11 is 11.8. The van der Waals surface area contributed by atoms with E-state index in [2.05, 4.69) is 5.32 Å². The largest absolute Gasteiger partial charge is 0.444 e. The SMILES string of the molecule is CC(C)(C)OC(=O)Nc1c(Cl)cc(S(=O)(=O)Cl)cc1Cl. The van der Waals surface area contributed by atoms with Crippen LogP contribution in [0.25, 0.3) is 0 Å². The molecule has 9 heteroatoms. The number of halogens is 3. The molecule has 1 rings (SSSR count). The van der Waals surface area contributed by atoms with Gasteiger partial charge in [0.2, 0.25) is 0 Å². The maximum atomic E-state index is 11.6. The van der Waals surface area contributed by atoms with Gasteiger partial charge in [-0.3, -0.25) is 5.32 Å². The molecule has 5 nitrogen and oxygen atoms in total. The fourth-order valence-electron chi connectivity index (χ4n) is 1.22. The van der Waals surface area contributed by atoms with Crippen LogP contribution in [0.5, 0.6) is 0 Å². The molecule has 1 N–H and O–H groups in total. The van der Waals surface area contributed by atoms with Crippen molar-refractivity contribution >= 4 is 54.7 Å². The average molecular weight is 361 g/mol. The second-order valence-corrected chi connectivity index (χ2v) is 8.21. The van der Waals surface area contributed by atoms with Gasteiger partial charge >= 0.3 is 6.09 Å². The highest BCUT2D eigenvalue weighted by atomic mass is 35.7. The van der Waals surface area contributed by atoms with Crippen LogP contribution in [0, 0.1) is 0 Å². The minimum absolute atomic E-state index is 0.0478. The number of nitrogens with one attached hydrogen (secondary N) is 1. The first kappa shape index (κ1) is 17.4. The summed E-state index contributed by atoms with van der Waals surface area (Å²) in [5.41, 5.74) is -0.644. The Morgan fingerprint density at radius 3 is 2.00 bits per heavy atom. The lowest BCUT2D eigenvalue weighted by molar-refractivity contribution is 0.0636. The number of rotatable bonds is 2. The third kappa shape index (κ3) is 5.01. The fraction of sp³-hybridized carbons (Fsp3) is 0.364. The van der Waals surface area contributed by atoms with Gasteiger partial charge in [-0.05, 0) is 32.9 Å². The van der Waals surface area contributed by atoms with E-state index in [4.69, 9.17) is 38.6 Å². The first-order chi connectivity index (χ1) is 8.90. The molecule has 0 saturated carbocycles. The third-order valence-corrected chi connectivity index (χ3v) is 3.85.